The van der Waals surface area contributed by atoms with Crippen molar-refractivity contribution in [3.05, 3.63) is 29.6 Å². The van der Waals surface area contributed by atoms with Crippen LogP contribution in [-0.4, -0.2) is 16.1 Å². The maximum absolute atomic E-state index is 10.3. The highest BCUT2D eigenvalue weighted by atomic mass is 16.4. The number of aliphatic carboxylic acids is 1. The van der Waals surface area contributed by atoms with Crippen LogP contribution in [0.4, 0.5) is 0 Å². The van der Waals surface area contributed by atoms with E-state index in [1.165, 1.54) is 0 Å². The molecule has 0 bridgehead atoms. The number of hydrogen-bond acceptors (Lipinski definition) is 3. The average Bonchev–Trinajstić information content (AvgIpc) is 2.14. The summed E-state index contributed by atoms with van der Waals surface area (Å²) in [5.74, 6) is -0.826. The predicted octanol–water partition coefficient (Wildman–Crippen LogP) is 1.25. The second-order valence-electron chi connectivity index (χ2n) is 3.24. The molecule has 0 aliphatic carbocycles. The van der Waals surface area contributed by atoms with Gasteiger partial charge in [0.15, 0.2) is 0 Å². The molecule has 1 atom stereocenters. The Kier molecular flexibility index (Phi) is 3.59. The normalized spacial score (nSPS) is 12.4. The zero-order valence-electron chi connectivity index (χ0n) is 8.10. The Morgan fingerprint density at radius 1 is 1.64 bits per heavy atom. The number of pyridine rings is 1. The van der Waals surface area contributed by atoms with Crippen LogP contribution < -0.4 is 5.73 Å². The van der Waals surface area contributed by atoms with Gasteiger partial charge in [-0.2, -0.15) is 0 Å². The third kappa shape index (κ3) is 3.14. The number of carboxylic acids is 1. The van der Waals surface area contributed by atoms with Crippen molar-refractivity contribution in [3.8, 4) is 0 Å². The monoisotopic (exact) mass is 194 g/mol. The minimum atomic E-state index is -0.826. The van der Waals surface area contributed by atoms with Crippen molar-refractivity contribution in [2.45, 2.75) is 25.8 Å². The van der Waals surface area contributed by atoms with Gasteiger partial charge in [-0.15, -0.1) is 0 Å². The largest absolute Gasteiger partial charge is 0.481 e. The van der Waals surface area contributed by atoms with E-state index < -0.39 is 5.97 Å². The Balaban J connectivity index is 2.60. The summed E-state index contributed by atoms with van der Waals surface area (Å²) in [6.45, 7) is 1.88. The van der Waals surface area contributed by atoms with E-state index in [4.69, 9.17) is 10.8 Å². The number of rotatable bonds is 4. The van der Waals surface area contributed by atoms with Crippen molar-refractivity contribution in [2.75, 3.05) is 0 Å². The van der Waals surface area contributed by atoms with Crippen molar-refractivity contribution in [3.63, 3.8) is 0 Å². The molecule has 4 heteroatoms. The molecule has 1 rings (SSSR count). The van der Waals surface area contributed by atoms with Crippen LogP contribution in [0.5, 0.6) is 0 Å². The molecule has 14 heavy (non-hydrogen) atoms. The molecule has 1 heterocycles. The molecule has 3 N–H and O–H groups in total. The van der Waals surface area contributed by atoms with Crippen molar-refractivity contribution < 1.29 is 9.90 Å². The van der Waals surface area contributed by atoms with Crippen LogP contribution >= 0.6 is 0 Å². The molecule has 0 radical (unpaired) electrons. The molecule has 0 fully saturated rings. The number of carbonyl (C=O) groups is 1. The van der Waals surface area contributed by atoms with Gasteiger partial charge in [-0.05, 0) is 25.5 Å². The first-order valence-corrected chi connectivity index (χ1v) is 4.50. The van der Waals surface area contributed by atoms with Gasteiger partial charge in [0.05, 0.1) is 5.69 Å². The van der Waals surface area contributed by atoms with E-state index in [1.54, 1.807) is 0 Å². The van der Waals surface area contributed by atoms with Gasteiger partial charge in [0.2, 0.25) is 0 Å². The molecule has 0 amide bonds. The zero-order chi connectivity index (χ0) is 10.6. The minimum Gasteiger partial charge on any atom is -0.481 e. The van der Waals surface area contributed by atoms with Gasteiger partial charge in [0.25, 0.3) is 0 Å². The Hall–Kier alpha value is -1.42. The summed E-state index contributed by atoms with van der Waals surface area (Å²) in [5, 5.41) is 8.49. The maximum Gasteiger partial charge on any atom is 0.303 e. The van der Waals surface area contributed by atoms with Gasteiger partial charge < -0.3 is 10.8 Å². The topological polar surface area (TPSA) is 76.2 Å². The second kappa shape index (κ2) is 4.72. The first-order chi connectivity index (χ1) is 6.59. The SMILES string of the molecule is Cc1cccc([C@H](N)CCC(=O)O)n1. The number of nitrogens with zero attached hydrogens (tertiary/aromatic N) is 1. The quantitative estimate of drug-likeness (QED) is 0.756. The van der Waals surface area contributed by atoms with Crippen LogP contribution in [-0.2, 0) is 4.79 Å². The molecule has 0 saturated heterocycles. The van der Waals surface area contributed by atoms with Crippen molar-refractivity contribution >= 4 is 5.97 Å². The molecule has 0 spiro atoms. The predicted molar refractivity (Wildman–Crippen MR) is 52.8 cm³/mol. The number of carboxylic acid groups (broad SMARTS) is 1. The Morgan fingerprint density at radius 3 is 2.93 bits per heavy atom. The van der Waals surface area contributed by atoms with Gasteiger partial charge >= 0.3 is 5.97 Å². The van der Waals surface area contributed by atoms with Crippen LogP contribution in [0.15, 0.2) is 18.2 Å². The fourth-order valence-corrected chi connectivity index (χ4v) is 1.20. The molecular weight excluding hydrogens is 180 g/mol. The highest BCUT2D eigenvalue weighted by Gasteiger charge is 2.09. The lowest BCUT2D eigenvalue weighted by Gasteiger charge is -2.09. The van der Waals surface area contributed by atoms with E-state index in [0.29, 0.717) is 6.42 Å². The second-order valence-corrected chi connectivity index (χ2v) is 3.24. The molecule has 0 aromatic carbocycles. The highest BCUT2D eigenvalue weighted by molar-refractivity contribution is 5.66. The Morgan fingerprint density at radius 2 is 2.36 bits per heavy atom. The van der Waals surface area contributed by atoms with Crippen molar-refractivity contribution in [2.24, 2.45) is 5.73 Å². The smallest absolute Gasteiger partial charge is 0.303 e. The molecule has 0 aliphatic heterocycles. The molecule has 0 unspecified atom stereocenters. The van der Waals surface area contributed by atoms with E-state index >= 15 is 0 Å². The fourth-order valence-electron chi connectivity index (χ4n) is 1.20. The van der Waals surface area contributed by atoms with Gasteiger partial charge in [-0.1, -0.05) is 6.07 Å². The van der Waals surface area contributed by atoms with Gasteiger partial charge in [-0.25, -0.2) is 0 Å². The molecule has 76 valence electrons. The third-order valence-electron chi connectivity index (χ3n) is 1.96. The highest BCUT2D eigenvalue weighted by Crippen LogP contribution is 2.13. The summed E-state index contributed by atoms with van der Waals surface area (Å²) in [6.07, 6.45) is 0.503. The minimum absolute atomic E-state index is 0.0801. The van der Waals surface area contributed by atoms with E-state index in [0.717, 1.165) is 11.4 Å². The molecular formula is C10H14N2O2. The first-order valence-electron chi connectivity index (χ1n) is 4.50. The van der Waals surface area contributed by atoms with Crippen LogP contribution in [0.2, 0.25) is 0 Å². The number of aryl methyl sites for hydroxylation is 1. The van der Waals surface area contributed by atoms with Gasteiger partial charge in [-0.3, -0.25) is 9.78 Å². The zero-order valence-corrected chi connectivity index (χ0v) is 8.10. The van der Waals surface area contributed by atoms with Crippen LogP contribution in [0.25, 0.3) is 0 Å². The molecule has 4 nitrogen and oxygen atoms in total. The number of aromatic nitrogens is 1. The first kappa shape index (κ1) is 10.7. The Bertz CT molecular complexity index is 326. The van der Waals surface area contributed by atoms with Crippen molar-refractivity contribution in [1.29, 1.82) is 0 Å². The third-order valence-corrected chi connectivity index (χ3v) is 1.96. The van der Waals surface area contributed by atoms with Crippen LogP contribution in [0.1, 0.15) is 30.3 Å². The number of hydrogen-bond donors (Lipinski definition) is 2. The van der Waals surface area contributed by atoms with E-state index in [9.17, 15) is 4.79 Å². The summed E-state index contributed by atoms with van der Waals surface area (Å²) in [7, 11) is 0. The van der Waals surface area contributed by atoms with Crippen LogP contribution in [0, 0.1) is 6.92 Å². The summed E-state index contributed by atoms with van der Waals surface area (Å²) in [4.78, 5) is 14.6. The summed E-state index contributed by atoms with van der Waals surface area (Å²) < 4.78 is 0. The summed E-state index contributed by atoms with van der Waals surface area (Å²) >= 11 is 0. The van der Waals surface area contributed by atoms with E-state index in [1.807, 2.05) is 25.1 Å². The van der Waals surface area contributed by atoms with Crippen LogP contribution in [0.3, 0.4) is 0 Å². The fraction of sp³-hybridized carbons (Fsp3) is 0.400. The maximum atomic E-state index is 10.3. The molecule has 1 aromatic heterocycles. The number of nitrogens with two attached hydrogens (primary N) is 1. The lowest BCUT2D eigenvalue weighted by molar-refractivity contribution is -0.137. The lowest BCUT2D eigenvalue weighted by Crippen LogP contribution is -2.14. The summed E-state index contributed by atoms with van der Waals surface area (Å²) in [5.41, 5.74) is 7.44. The average molecular weight is 194 g/mol. The molecule has 0 aliphatic rings. The summed E-state index contributed by atoms with van der Waals surface area (Å²) in [6, 6.07) is 5.29. The standard InChI is InChI=1S/C10H14N2O2/c1-7-3-2-4-9(12-7)8(11)5-6-10(13)14/h2-4,8H,5-6,11H2,1H3,(H,13,14)/t8-/m1/s1. The Labute approximate surface area is 82.8 Å². The molecule has 1 aromatic rings. The van der Waals surface area contributed by atoms with Gasteiger partial charge in [0, 0.05) is 18.2 Å². The lowest BCUT2D eigenvalue weighted by atomic mass is 10.1. The molecule has 0 saturated carbocycles. The van der Waals surface area contributed by atoms with Gasteiger partial charge in [0.1, 0.15) is 0 Å². The van der Waals surface area contributed by atoms with E-state index in [2.05, 4.69) is 4.98 Å². The van der Waals surface area contributed by atoms with E-state index in [-0.39, 0.29) is 12.5 Å². The van der Waals surface area contributed by atoms with Crippen molar-refractivity contribution in [1.82, 2.24) is 4.98 Å².